The van der Waals surface area contributed by atoms with Gasteiger partial charge in [-0.25, -0.2) is 13.2 Å². The van der Waals surface area contributed by atoms with Crippen LogP contribution in [-0.4, -0.2) is 23.1 Å². The average molecular weight is 426 g/mol. The highest BCUT2D eigenvalue weighted by molar-refractivity contribution is 7.92. The maximum absolute atomic E-state index is 12.7. The summed E-state index contributed by atoms with van der Waals surface area (Å²) in [5.41, 5.74) is 1.06. The molecule has 9 nitrogen and oxygen atoms in total. The van der Waals surface area contributed by atoms with Gasteiger partial charge in [0.1, 0.15) is 0 Å². The van der Waals surface area contributed by atoms with Gasteiger partial charge in [-0.3, -0.25) is 9.29 Å². The summed E-state index contributed by atoms with van der Waals surface area (Å²) in [7, 11) is -3.83. The van der Waals surface area contributed by atoms with Crippen molar-refractivity contribution >= 4 is 26.8 Å². The molecule has 1 saturated carbocycles. The van der Waals surface area contributed by atoms with Crippen LogP contribution in [0, 0.1) is 0 Å². The third-order valence-corrected chi connectivity index (χ3v) is 6.59. The minimum atomic E-state index is -3.83. The lowest BCUT2D eigenvalue weighted by molar-refractivity contribution is 0.291. The molecule has 154 valence electrons. The molecule has 0 spiro atoms. The third-order valence-electron chi connectivity index (χ3n) is 5.21. The second-order valence-corrected chi connectivity index (χ2v) is 8.91. The normalized spacial score (nSPS) is 14.7. The molecule has 5 rings (SSSR count). The quantitative estimate of drug-likeness (QED) is 0.503. The summed E-state index contributed by atoms with van der Waals surface area (Å²) in [6.07, 6.45) is 3.22. The van der Waals surface area contributed by atoms with Crippen LogP contribution in [0.1, 0.15) is 36.9 Å². The predicted molar refractivity (Wildman–Crippen MR) is 108 cm³/mol. The Labute approximate surface area is 171 Å². The van der Waals surface area contributed by atoms with E-state index >= 15 is 0 Å². The molecule has 4 aromatic rings. The van der Waals surface area contributed by atoms with Gasteiger partial charge < -0.3 is 8.94 Å². The van der Waals surface area contributed by atoms with Gasteiger partial charge in [-0.1, -0.05) is 29.8 Å². The highest BCUT2D eigenvalue weighted by atomic mass is 32.2. The van der Waals surface area contributed by atoms with Crippen LogP contribution < -0.4 is 10.5 Å². The number of fused-ring (bicyclic) bond motifs is 1. The van der Waals surface area contributed by atoms with Crippen molar-refractivity contribution in [2.75, 3.05) is 4.72 Å². The van der Waals surface area contributed by atoms with Crippen molar-refractivity contribution in [3.8, 4) is 0 Å². The SMILES string of the molecule is O=c1oc2cc(S(=O)(=O)Nc3ccccc3)ccc2n1Cc1noc(C2CCC2)n1. The second kappa shape index (κ2) is 7.13. The topological polar surface area (TPSA) is 120 Å². The van der Waals surface area contributed by atoms with E-state index in [1.807, 2.05) is 0 Å². The molecular weight excluding hydrogens is 408 g/mol. The van der Waals surface area contributed by atoms with Crippen molar-refractivity contribution in [1.29, 1.82) is 0 Å². The molecule has 2 aromatic carbocycles. The van der Waals surface area contributed by atoms with E-state index in [9.17, 15) is 13.2 Å². The van der Waals surface area contributed by atoms with Crippen LogP contribution in [0.15, 0.2) is 67.2 Å². The Kier molecular flexibility index (Phi) is 4.43. The number of nitrogens with one attached hydrogen (secondary N) is 1. The van der Waals surface area contributed by atoms with E-state index in [1.54, 1.807) is 30.3 Å². The first kappa shape index (κ1) is 18.6. The maximum atomic E-state index is 12.7. The molecular formula is C20H18N4O5S. The van der Waals surface area contributed by atoms with E-state index in [1.165, 1.54) is 22.8 Å². The summed E-state index contributed by atoms with van der Waals surface area (Å²) in [5.74, 6) is 0.654. The lowest BCUT2D eigenvalue weighted by Gasteiger charge is -2.20. The number of para-hydroxylation sites is 1. The third kappa shape index (κ3) is 3.39. The van der Waals surface area contributed by atoms with Crippen molar-refractivity contribution in [1.82, 2.24) is 14.7 Å². The molecule has 0 saturated heterocycles. The van der Waals surface area contributed by atoms with Gasteiger partial charge in [-0.15, -0.1) is 0 Å². The van der Waals surface area contributed by atoms with Crippen LogP contribution >= 0.6 is 0 Å². The van der Waals surface area contributed by atoms with Crippen molar-refractivity contribution in [2.24, 2.45) is 0 Å². The van der Waals surface area contributed by atoms with Gasteiger partial charge in [-0.05, 0) is 37.1 Å². The minimum absolute atomic E-state index is 0.00779. The summed E-state index contributed by atoms with van der Waals surface area (Å²) < 4.78 is 39.7. The van der Waals surface area contributed by atoms with Crippen molar-refractivity contribution in [3.63, 3.8) is 0 Å². The molecule has 0 unspecified atom stereocenters. The smallest absolute Gasteiger partial charge is 0.408 e. The lowest BCUT2D eigenvalue weighted by Crippen LogP contribution is -2.16. The molecule has 0 radical (unpaired) electrons. The monoisotopic (exact) mass is 426 g/mol. The minimum Gasteiger partial charge on any atom is -0.408 e. The molecule has 2 heterocycles. The number of benzene rings is 2. The van der Waals surface area contributed by atoms with E-state index in [4.69, 9.17) is 8.94 Å². The summed E-state index contributed by atoms with van der Waals surface area (Å²) >= 11 is 0. The number of hydrogen-bond donors (Lipinski definition) is 1. The first-order valence-corrected chi connectivity index (χ1v) is 11.0. The summed E-state index contributed by atoms with van der Waals surface area (Å²) in [5, 5.41) is 3.95. The summed E-state index contributed by atoms with van der Waals surface area (Å²) in [6, 6.07) is 12.8. The Morgan fingerprint density at radius 1 is 1.13 bits per heavy atom. The van der Waals surface area contributed by atoms with Gasteiger partial charge >= 0.3 is 5.76 Å². The van der Waals surface area contributed by atoms with Crippen LogP contribution in [0.4, 0.5) is 5.69 Å². The van der Waals surface area contributed by atoms with Crippen molar-refractivity contribution < 1.29 is 17.4 Å². The molecule has 30 heavy (non-hydrogen) atoms. The summed E-state index contributed by atoms with van der Waals surface area (Å²) in [6.45, 7) is 0.0798. The number of aromatic nitrogens is 3. The number of hydrogen-bond acceptors (Lipinski definition) is 7. The van der Waals surface area contributed by atoms with Gasteiger partial charge in [0.05, 0.1) is 17.0 Å². The Hall–Kier alpha value is -3.40. The first-order valence-electron chi connectivity index (χ1n) is 9.53. The van der Waals surface area contributed by atoms with E-state index in [-0.39, 0.29) is 17.0 Å². The zero-order valence-corrected chi connectivity index (χ0v) is 16.6. The maximum Gasteiger partial charge on any atom is 0.420 e. The fourth-order valence-corrected chi connectivity index (χ4v) is 4.45. The highest BCUT2D eigenvalue weighted by Gasteiger charge is 2.26. The van der Waals surface area contributed by atoms with Crippen LogP contribution in [-0.2, 0) is 16.6 Å². The van der Waals surface area contributed by atoms with Gasteiger partial charge in [-0.2, -0.15) is 4.98 Å². The van der Waals surface area contributed by atoms with Gasteiger partial charge in [0.25, 0.3) is 10.0 Å². The summed E-state index contributed by atoms with van der Waals surface area (Å²) in [4.78, 5) is 16.7. The molecule has 0 amide bonds. The van der Waals surface area contributed by atoms with Crippen molar-refractivity contribution in [3.05, 3.63) is 70.8 Å². The standard InChI is InChI=1S/C20H18N4O5S/c25-20-24(12-18-21-19(29-22-18)13-5-4-6-13)16-10-9-15(11-17(16)28-20)30(26,27)23-14-7-2-1-3-8-14/h1-3,7-11,13,23H,4-6,12H2. The molecule has 1 fully saturated rings. The Morgan fingerprint density at radius 3 is 2.67 bits per heavy atom. The largest absolute Gasteiger partial charge is 0.420 e. The molecule has 1 aliphatic rings. The van der Waals surface area contributed by atoms with Gasteiger partial charge in [0.15, 0.2) is 11.4 Å². The number of sulfonamides is 1. The van der Waals surface area contributed by atoms with Gasteiger partial charge in [0.2, 0.25) is 5.89 Å². The number of oxazole rings is 1. The zero-order valence-electron chi connectivity index (χ0n) is 15.8. The molecule has 0 atom stereocenters. The zero-order chi connectivity index (χ0) is 20.7. The van der Waals surface area contributed by atoms with Crippen LogP contribution in [0.3, 0.4) is 0 Å². The number of rotatable bonds is 6. The fourth-order valence-electron chi connectivity index (χ4n) is 3.38. The Morgan fingerprint density at radius 2 is 1.93 bits per heavy atom. The van der Waals surface area contributed by atoms with Crippen LogP contribution in [0.2, 0.25) is 0 Å². The molecule has 1 aliphatic carbocycles. The van der Waals surface area contributed by atoms with Crippen LogP contribution in [0.25, 0.3) is 11.1 Å². The number of anilines is 1. The van der Waals surface area contributed by atoms with E-state index < -0.39 is 15.8 Å². The fraction of sp³-hybridized carbons (Fsp3) is 0.250. The molecule has 0 bridgehead atoms. The van der Waals surface area contributed by atoms with Crippen molar-refractivity contribution in [2.45, 2.75) is 36.6 Å². The van der Waals surface area contributed by atoms with E-state index in [2.05, 4.69) is 14.9 Å². The molecule has 1 N–H and O–H groups in total. The second-order valence-electron chi connectivity index (χ2n) is 7.23. The Balaban J connectivity index is 1.44. The molecule has 0 aliphatic heterocycles. The highest BCUT2D eigenvalue weighted by Crippen LogP contribution is 2.35. The first-order chi connectivity index (χ1) is 14.5. The predicted octanol–water partition coefficient (Wildman–Crippen LogP) is 3.09. The average Bonchev–Trinajstić information content (AvgIpc) is 3.25. The number of nitrogens with zero attached hydrogens (tertiary/aromatic N) is 3. The van der Waals surface area contributed by atoms with E-state index in [0.29, 0.717) is 28.8 Å². The van der Waals surface area contributed by atoms with E-state index in [0.717, 1.165) is 19.3 Å². The van der Waals surface area contributed by atoms with Crippen LogP contribution in [0.5, 0.6) is 0 Å². The molecule has 2 aromatic heterocycles. The molecule has 10 heteroatoms. The Bertz CT molecular complexity index is 1370. The van der Waals surface area contributed by atoms with Gasteiger partial charge in [0, 0.05) is 17.7 Å². The lowest BCUT2D eigenvalue weighted by atomic mass is 9.85.